The maximum atomic E-state index is 13.0. The Labute approximate surface area is 176 Å². The minimum atomic E-state index is -0.136. The van der Waals surface area contributed by atoms with E-state index in [4.69, 9.17) is 9.15 Å². The van der Waals surface area contributed by atoms with Crippen molar-refractivity contribution in [2.45, 2.75) is 25.9 Å². The van der Waals surface area contributed by atoms with Gasteiger partial charge in [0, 0.05) is 25.6 Å². The third-order valence-electron chi connectivity index (χ3n) is 4.86. The molecule has 3 rings (SSSR count). The molecule has 1 N–H and O–H groups in total. The number of methoxy groups -OCH3 is 1. The zero-order valence-corrected chi connectivity index (χ0v) is 17.3. The van der Waals surface area contributed by atoms with Crippen LogP contribution in [0.1, 0.15) is 33.7 Å². The minimum absolute atomic E-state index is 0.0320. The quantitative estimate of drug-likeness (QED) is 0.587. The molecule has 0 saturated heterocycles. The fourth-order valence-corrected chi connectivity index (χ4v) is 3.19. The van der Waals surface area contributed by atoms with E-state index in [-0.39, 0.29) is 11.8 Å². The van der Waals surface area contributed by atoms with Crippen molar-refractivity contribution >= 4 is 11.8 Å². The Bertz CT molecular complexity index is 965. The summed E-state index contributed by atoms with van der Waals surface area (Å²) >= 11 is 0. The smallest absolute Gasteiger partial charge is 0.251 e. The molecule has 156 valence electrons. The summed E-state index contributed by atoms with van der Waals surface area (Å²) in [6.45, 7) is 0.826. The average molecular weight is 406 g/mol. The van der Waals surface area contributed by atoms with Crippen molar-refractivity contribution in [1.29, 1.82) is 0 Å². The van der Waals surface area contributed by atoms with Crippen LogP contribution in [0.4, 0.5) is 0 Å². The van der Waals surface area contributed by atoms with Crippen molar-refractivity contribution in [3.63, 3.8) is 0 Å². The molecule has 2 aromatic carbocycles. The number of ether oxygens (including phenoxy) is 1. The van der Waals surface area contributed by atoms with Gasteiger partial charge in [-0.2, -0.15) is 0 Å². The standard InChI is InChI=1S/C24H26N2O4/c1-25-24(28)20-11-8-19(9-12-20)16-26(17-22-7-4-14-30-22)23(27)13-10-18-5-3-6-21(15-18)29-2/h3-9,11-12,14-15H,10,13,16-17H2,1-2H3,(H,25,28). The molecule has 0 aliphatic heterocycles. The van der Waals surface area contributed by atoms with E-state index in [1.165, 1.54) is 0 Å². The highest BCUT2D eigenvalue weighted by Crippen LogP contribution is 2.17. The van der Waals surface area contributed by atoms with Gasteiger partial charge in [0.2, 0.25) is 5.91 Å². The molecule has 0 aliphatic carbocycles. The normalized spacial score (nSPS) is 10.5. The molecule has 0 radical (unpaired) electrons. The number of rotatable bonds is 9. The van der Waals surface area contributed by atoms with Crippen molar-refractivity contribution in [1.82, 2.24) is 10.2 Å². The summed E-state index contributed by atoms with van der Waals surface area (Å²) in [5.41, 5.74) is 2.59. The summed E-state index contributed by atoms with van der Waals surface area (Å²) in [4.78, 5) is 26.5. The van der Waals surface area contributed by atoms with Gasteiger partial charge in [-0.3, -0.25) is 9.59 Å². The zero-order valence-electron chi connectivity index (χ0n) is 17.3. The van der Waals surface area contributed by atoms with Crippen molar-refractivity contribution in [3.05, 3.63) is 89.4 Å². The van der Waals surface area contributed by atoms with Crippen LogP contribution in [-0.4, -0.2) is 30.9 Å². The summed E-state index contributed by atoms with van der Waals surface area (Å²) in [6.07, 6.45) is 2.61. The van der Waals surface area contributed by atoms with Gasteiger partial charge >= 0.3 is 0 Å². The van der Waals surface area contributed by atoms with Crippen LogP contribution in [0.2, 0.25) is 0 Å². The zero-order chi connectivity index (χ0) is 21.3. The number of amides is 2. The van der Waals surface area contributed by atoms with Gasteiger partial charge in [0.05, 0.1) is 19.9 Å². The molecule has 0 unspecified atom stereocenters. The van der Waals surface area contributed by atoms with Crippen molar-refractivity contribution in [3.8, 4) is 5.75 Å². The van der Waals surface area contributed by atoms with Crippen LogP contribution in [0.5, 0.6) is 5.75 Å². The maximum absolute atomic E-state index is 13.0. The van der Waals surface area contributed by atoms with Crippen LogP contribution in [0.15, 0.2) is 71.3 Å². The summed E-state index contributed by atoms with van der Waals surface area (Å²) in [5, 5.41) is 2.61. The van der Waals surface area contributed by atoms with Gasteiger partial charge in [0.15, 0.2) is 0 Å². The third-order valence-corrected chi connectivity index (χ3v) is 4.86. The molecular weight excluding hydrogens is 380 g/mol. The number of carbonyl (C=O) groups is 2. The van der Waals surface area contributed by atoms with Gasteiger partial charge in [-0.1, -0.05) is 24.3 Å². The van der Waals surface area contributed by atoms with E-state index in [2.05, 4.69) is 5.32 Å². The molecule has 1 aromatic heterocycles. The molecule has 0 spiro atoms. The Kier molecular flexibility index (Phi) is 7.27. The van der Waals surface area contributed by atoms with E-state index < -0.39 is 0 Å². The first kappa shape index (κ1) is 21.2. The maximum Gasteiger partial charge on any atom is 0.251 e. The fraction of sp³-hybridized carbons (Fsp3) is 0.250. The van der Waals surface area contributed by atoms with Crippen LogP contribution < -0.4 is 10.1 Å². The Hall–Kier alpha value is -3.54. The second-order valence-electron chi connectivity index (χ2n) is 6.96. The van der Waals surface area contributed by atoms with Crippen molar-refractivity contribution in [2.24, 2.45) is 0 Å². The molecule has 0 saturated carbocycles. The molecule has 0 atom stereocenters. The largest absolute Gasteiger partial charge is 0.497 e. The number of benzene rings is 2. The van der Waals surface area contributed by atoms with E-state index >= 15 is 0 Å². The van der Waals surface area contributed by atoms with E-state index in [1.807, 2.05) is 48.5 Å². The number of nitrogens with one attached hydrogen (secondary N) is 1. The molecule has 0 bridgehead atoms. The van der Waals surface area contributed by atoms with E-state index in [1.54, 1.807) is 37.5 Å². The molecule has 0 aliphatic rings. The molecule has 6 heteroatoms. The molecule has 3 aromatic rings. The first-order valence-electron chi connectivity index (χ1n) is 9.83. The lowest BCUT2D eigenvalue weighted by Crippen LogP contribution is -2.30. The molecule has 0 fully saturated rings. The topological polar surface area (TPSA) is 71.8 Å². The lowest BCUT2D eigenvalue weighted by molar-refractivity contribution is -0.132. The summed E-state index contributed by atoms with van der Waals surface area (Å²) in [7, 11) is 3.23. The highest BCUT2D eigenvalue weighted by Gasteiger charge is 2.16. The SMILES string of the molecule is CNC(=O)c1ccc(CN(Cc2ccco2)C(=O)CCc2cccc(OC)c2)cc1. The van der Waals surface area contributed by atoms with Gasteiger partial charge in [-0.05, 0) is 53.9 Å². The predicted octanol–water partition coefficient (Wildman–Crippen LogP) is 3.81. The predicted molar refractivity (Wildman–Crippen MR) is 114 cm³/mol. The second kappa shape index (κ2) is 10.3. The molecule has 1 heterocycles. The molecule has 30 heavy (non-hydrogen) atoms. The Morgan fingerprint density at radius 2 is 1.80 bits per heavy atom. The number of hydrogen-bond donors (Lipinski definition) is 1. The van der Waals surface area contributed by atoms with Crippen LogP contribution in [0.25, 0.3) is 0 Å². The van der Waals surface area contributed by atoms with Gasteiger partial charge in [-0.25, -0.2) is 0 Å². The summed E-state index contributed by atoms with van der Waals surface area (Å²) in [5.74, 6) is 1.41. The molecule has 6 nitrogen and oxygen atoms in total. The lowest BCUT2D eigenvalue weighted by atomic mass is 10.1. The molecule has 2 amide bonds. The first-order chi connectivity index (χ1) is 14.6. The second-order valence-corrected chi connectivity index (χ2v) is 6.96. The highest BCUT2D eigenvalue weighted by molar-refractivity contribution is 5.93. The van der Waals surface area contributed by atoms with Crippen LogP contribution in [0, 0.1) is 0 Å². The Morgan fingerprint density at radius 3 is 2.47 bits per heavy atom. The van der Waals surface area contributed by atoms with Gasteiger partial charge in [0.1, 0.15) is 11.5 Å². The van der Waals surface area contributed by atoms with E-state index in [0.29, 0.717) is 31.5 Å². The highest BCUT2D eigenvalue weighted by atomic mass is 16.5. The number of nitrogens with zero attached hydrogens (tertiary/aromatic N) is 1. The summed E-state index contributed by atoms with van der Waals surface area (Å²) in [6, 6.07) is 18.7. The first-order valence-corrected chi connectivity index (χ1v) is 9.83. The van der Waals surface area contributed by atoms with Crippen molar-refractivity contribution < 1.29 is 18.7 Å². The number of carbonyl (C=O) groups excluding carboxylic acids is 2. The Morgan fingerprint density at radius 1 is 1.00 bits per heavy atom. The van der Waals surface area contributed by atoms with E-state index in [0.717, 1.165) is 22.6 Å². The summed E-state index contributed by atoms with van der Waals surface area (Å²) < 4.78 is 10.7. The van der Waals surface area contributed by atoms with Crippen LogP contribution in [0.3, 0.4) is 0 Å². The van der Waals surface area contributed by atoms with Crippen LogP contribution in [-0.2, 0) is 24.3 Å². The number of aryl methyl sites for hydroxylation is 1. The minimum Gasteiger partial charge on any atom is -0.497 e. The van der Waals surface area contributed by atoms with Gasteiger partial charge in [-0.15, -0.1) is 0 Å². The Balaban J connectivity index is 1.69. The lowest BCUT2D eigenvalue weighted by Gasteiger charge is -2.22. The average Bonchev–Trinajstić information content (AvgIpc) is 3.30. The number of hydrogen-bond acceptors (Lipinski definition) is 4. The van der Waals surface area contributed by atoms with Gasteiger partial charge < -0.3 is 19.4 Å². The monoisotopic (exact) mass is 406 g/mol. The fourth-order valence-electron chi connectivity index (χ4n) is 3.19. The van der Waals surface area contributed by atoms with Crippen molar-refractivity contribution in [2.75, 3.05) is 14.2 Å². The van der Waals surface area contributed by atoms with Crippen LogP contribution >= 0.6 is 0 Å². The van der Waals surface area contributed by atoms with E-state index in [9.17, 15) is 9.59 Å². The van der Waals surface area contributed by atoms with Gasteiger partial charge in [0.25, 0.3) is 5.91 Å². The molecular formula is C24H26N2O4. The number of furan rings is 1. The third kappa shape index (κ3) is 5.73.